The van der Waals surface area contributed by atoms with Crippen LogP contribution >= 0.6 is 11.6 Å². The number of carbonyl (C=O) groups is 1. The van der Waals surface area contributed by atoms with Crippen molar-refractivity contribution in [1.82, 2.24) is 9.80 Å². The molecular formula is C18H23ClN2O3S. The number of hydrogen-bond acceptors (Lipinski definition) is 4. The number of nitrogens with zero attached hydrogens (tertiary/aromatic N) is 2. The molecule has 25 heavy (non-hydrogen) atoms. The highest BCUT2D eigenvalue weighted by atomic mass is 35.5. The zero-order valence-corrected chi connectivity index (χ0v) is 16.1. The van der Waals surface area contributed by atoms with Crippen molar-refractivity contribution >= 4 is 27.3 Å². The Balaban J connectivity index is 1.84. The summed E-state index contributed by atoms with van der Waals surface area (Å²) in [6, 6.07) is 6.33. The van der Waals surface area contributed by atoms with Crippen LogP contribution in [0.1, 0.15) is 24.2 Å². The summed E-state index contributed by atoms with van der Waals surface area (Å²) in [6.45, 7) is 6.00. The largest absolute Gasteiger partial charge is 0.332 e. The van der Waals surface area contributed by atoms with Crippen LogP contribution in [0.5, 0.6) is 0 Å². The van der Waals surface area contributed by atoms with Gasteiger partial charge in [-0.15, -0.1) is 0 Å². The summed E-state index contributed by atoms with van der Waals surface area (Å²) in [5.74, 6) is 0.0479. The Bertz CT molecular complexity index is 785. The molecule has 5 nitrogen and oxygen atoms in total. The number of fused-ring (bicyclic) bond motifs is 1. The minimum Gasteiger partial charge on any atom is -0.332 e. The fourth-order valence-electron chi connectivity index (χ4n) is 3.56. The van der Waals surface area contributed by atoms with Crippen LogP contribution < -0.4 is 0 Å². The normalized spacial score (nSPS) is 25.5. The molecule has 1 amide bonds. The number of allylic oxidation sites excluding steroid dienone is 1. The lowest BCUT2D eigenvalue weighted by molar-refractivity contribution is 0.0368. The highest BCUT2D eigenvalue weighted by Crippen LogP contribution is 2.28. The maximum Gasteiger partial charge on any atom is 0.254 e. The molecule has 2 heterocycles. The number of amides is 1. The van der Waals surface area contributed by atoms with Crippen LogP contribution in [-0.4, -0.2) is 67.3 Å². The molecule has 0 N–H and O–H groups in total. The lowest BCUT2D eigenvalue weighted by Gasteiger charge is -2.43. The van der Waals surface area contributed by atoms with Gasteiger partial charge in [-0.3, -0.25) is 9.69 Å². The molecule has 3 rings (SSSR count). The zero-order valence-electron chi connectivity index (χ0n) is 14.5. The molecular weight excluding hydrogens is 360 g/mol. The third-order valence-corrected chi connectivity index (χ3v) is 6.83. The number of piperazine rings is 1. The number of rotatable bonds is 3. The first-order chi connectivity index (χ1) is 11.8. The summed E-state index contributed by atoms with van der Waals surface area (Å²) in [6.07, 6.45) is 2.11. The van der Waals surface area contributed by atoms with Crippen molar-refractivity contribution < 1.29 is 13.2 Å². The van der Waals surface area contributed by atoms with Gasteiger partial charge in [0.25, 0.3) is 5.91 Å². The summed E-state index contributed by atoms with van der Waals surface area (Å²) in [5.41, 5.74) is 1.75. The summed E-state index contributed by atoms with van der Waals surface area (Å²) < 4.78 is 24.5. The van der Waals surface area contributed by atoms with E-state index in [4.69, 9.17) is 11.6 Å². The van der Waals surface area contributed by atoms with Crippen molar-refractivity contribution in [1.29, 1.82) is 0 Å². The van der Waals surface area contributed by atoms with Gasteiger partial charge in [0.2, 0.25) is 0 Å². The second-order valence-corrected chi connectivity index (χ2v) is 9.58. The van der Waals surface area contributed by atoms with Crippen molar-refractivity contribution in [3.8, 4) is 0 Å². The molecule has 2 aliphatic rings. The number of benzene rings is 1. The van der Waals surface area contributed by atoms with E-state index in [1.165, 1.54) is 5.57 Å². The average molecular weight is 383 g/mol. The lowest BCUT2D eigenvalue weighted by atomic mass is 10.0. The van der Waals surface area contributed by atoms with Gasteiger partial charge in [0, 0.05) is 36.3 Å². The first kappa shape index (κ1) is 18.4. The molecule has 0 radical (unpaired) electrons. The van der Waals surface area contributed by atoms with E-state index in [2.05, 4.69) is 11.0 Å². The molecule has 0 aliphatic carbocycles. The van der Waals surface area contributed by atoms with E-state index in [0.29, 0.717) is 23.7 Å². The van der Waals surface area contributed by atoms with Crippen molar-refractivity contribution in [2.45, 2.75) is 25.9 Å². The van der Waals surface area contributed by atoms with Gasteiger partial charge in [0.1, 0.15) is 0 Å². The standard InChI is InChI=1S/C18H23ClN2O3S/c1-13(2)7-8-20-9-10-21(17-12-25(23,24)11-16(17)20)18(22)14-3-5-15(19)6-4-14/h3-7,16-17H,8-12H2,1-2H3/t16-,17+/m1/s1. The third kappa shape index (κ3) is 4.07. The smallest absolute Gasteiger partial charge is 0.254 e. The van der Waals surface area contributed by atoms with Gasteiger partial charge in [-0.1, -0.05) is 23.3 Å². The van der Waals surface area contributed by atoms with E-state index in [1.807, 2.05) is 13.8 Å². The average Bonchev–Trinajstić information content (AvgIpc) is 2.87. The summed E-state index contributed by atoms with van der Waals surface area (Å²) >= 11 is 5.89. The summed E-state index contributed by atoms with van der Waals surface area (Å²) in [5, 5.41) is 0.574. The van der Waals surface area contributed by atoms with Crippen molar-refractivity contribution in [2.24, 2.45) is 0 Å². The van der Waals surface area contributed by atoms with Crippen LogP contribution in [0.3, 0.4) is 0 Å². The second-order valence-electron chi connectivity index (χ2n) is 6.99. The fraction of sp³-hybridized carbons (Fsp3) is 0.500. The summed E-state index contributed by atoms with van der Waals surface area (Å²) in [4.78, 5) is 16.8. The number of halogens is 1. The molecule has 7 heteroatoms. The molecule has 1 aromatic rings. The minimum absolute atomic E-state index is 0.0440. The Morgan fingerprint density at radius 3 is 2.44 bits per heavy atom. The van der Waals surface area contributed by atoms with Gasteiger partial charge in [-0.25, -0.2) is 8.42 Å². The molecule has 0 spiro atoms. The van der Waals surface area contributed by atoms with Gasteiger partial charge >= 0.3 is 0 Å². The fourth-order valence-corrected chi connectivity index (χ4v) is 5.70. The molecule has 2 fully saturated rings. The molecule has 0 unspecified atom stereocenters. The van der Waals surface area contributed by atoms with Crippen LogP contribution in [-0.2, 0) is 9.84 Å². The van der Waals surface area contributed by atoms with E-state index in [0.717, 1.165) is 6.54 Å². The highest BCUT2D eigenvalue weighted by molar-refractivity contribution is 7.91. The quantitative estimate of drug-likeness (QED) is 0.752. The van der Waals surface area contributed by atoms with Gasteiger partial charge in [-0.2, -0.15) is 0 Å². The van der Waals surface area contributed by atoms with Crippen LogP contribution in [0, 0.1) is 0 Å². The van der Waals surface area contributed by atoms with Crippen molar-refractivity contribution in [2.75, 3.05) is 31.1 Å². The maximum atomic E-state index is 12.9. The first-order valence-electron chi connectivity index (χ1n) is 8.41. The van der Waals surface area contributed by atoms with Gasteiger partial charge < -0.3 is 4.90 Å². The molecule has 0 bridgehead atoms. The van der Waals surface area contributed by atoms with Crippen molar-refractivity contribution in [3.63, 3.8) is 0 Å². The van der Waals surface area contributed by atoms with E-state index in [9.17, 15) is 13.2 Å². The number of hydrogen-bond donors (Lipinski definition) is 0. The molecule has 2 saturated heterocycles. The third-order valence-electron chi connectivity index (χ3n) is 4.88. The Kier molecular flexibility index (Phi) is 5.23. The molecule has 2 atom stereocenters. The summed E-state index contributed by atoms with van der Waals surface area (Å²) in [7, 11) is -3.13. The van der Waals surface area contributed by atoms with Crippen LogP contribution in [0.4, 0.5) is 0 Å². The van der Waals surface area contributed by atoms with E-state index in [-0.39, 0.29) is 29.5 Å². The van der Waals surface area contributed by atoms with E-state index >= 15 is 0 Å². The van der Waals surface area contributed by atoms with Crippen LogP contribution in [0.15, 0.2) is 35.9 Å². The van der Waals surface area contributed by atoms with Gasteiger partial charge in [0.15, 0.2) is 9.84 Å². The Labute approximate surface area is 154 Å². The monoisotopic (exact) mass is 382 g/mol. The van der Waals surface area contributed by atoms with E-state index in [1.54, 1.807) is 29.2 Å². The maximum absolute atomic E-state index is 12.9. The lowest BCUT2D eigenvalue weighted by Crippen LogP contribution is -2.60. The van der Waals surface area contributed by atoms with Gasteiger partial charge in [0.05, 0.1) is 17.5 Å². The molecule has 0 aromatic heterocycles. The Morgan fingerprint density at radius 2 is 1.80 bits per heavy atom. The molecule has 2 aliphatic heterocycles. The predicted molar refractivity (Wildman–Crippen MR) is 99.7 cm³/mol. The highest BCUT2D eigenvalue weighted by Gasteiger charge is 2.47. The predicted octanol–water partition coefficient (Wildman–Crippen LogP) is 2.23. The molecule has 136 valence electrons. The zero-order chi connectivity index (χ0) is 18.2. The van der Waals surface area contributed by atoms with Crippen LogP contribution in [0.2, 0.25) is 5.02 Å². The SMILES string of the molecule is CC(C)=CCN1CCN(C(=O)c2ccc(Cl)cc2)[C@H]2CS(=O)(=O)C[C@H]21. The van der Waals surface area contributed by atoms with E-state index < -0.39 is 9.84 Å². The first-order valence-corrected chi connectivity index (χ1v) is 10.6. The number of carbonyl (C=O) groups excluding carboxylic acids is 1. The topological polar surface area (TPSA) is 57.7 Å². The van der Waals surface area contributed by atoms with Gasteiger partial charge in [-0.05, 0) is 38.1 Å². The minimum atomic E-state index is -3.13. The van der Waals surface area contributed by atoms with Crippen molar-refractivity contribution in [3.05, 3.63) is 46.5 Å². The number of sulfone groups is 1. The Hall–Kier alpha value is -1.37. The van der Waals surface area contributed by atoms with Crippen LogP contribution in [0.25, 0.3) is 0 Å². The molecule has 0 saturated carbocycles. The Morgan fingerprint density at radius 1 is 1.16 bits per heavy atom. The second kappa shape index (κ2) is 7.09. The molecule has 1 aromatic carbocycles.